The van der Waals surface area contributed by atoms with E-state index in [1.54, 1.807) is 0 Å². The number of likely N-dealkylation sites (N-methyl/N-ethyl adjacent to an activating group) is 1. The third-order valence-corrected chi connectivity index (χ3v) is 3.76. The molecule has 1 unspecified atom stereocenters. The van der Waals surface area contributed by atoms with E-state index in [0.717, 1.165) is 35.3 Å². The van der Waals surface area contributed by atoms with E-state index >= 15 is 0 Å². The molecule has 0 aliphatic rings. The van der Waals surface area contributed by atoms with Crippen molar-refractivity contribution in [3.63, 3.8) is 0 Å². The van der Waals surface area contributed by atoms with Crippen molar-refractivity contribution >= 4 is 11.0 Å². The predicted molar refractivity (Wildman–Crippen MR) is 88.5 cm³/mol. The van der Waals surface area contributed by atoms with E-state index in [-0.39, 0.29) is 0 Å². The van der Waals surface area contributed by atoms with Gasteiger partial charge in [-0.2, -0.15) is 0 Å². The van der Waals surface area contributed by atoms with Crippen molar-refractivity contribution in [1.29, 1.82) is 0 Å². The van der Waals surface area contributed by atoms with Crippen LogP contribution in [0.5, 0.6) is 0 Å². The highest BCUT2D eigenvalue weighted by Gasteiger charge is 2.06. The Labute approximate surface area is 125 Å². The van der Waals surface area contributed by atoms with E-state index in [9.17, 15) is 0 Å². The van der Waals surface area contributed by atoms with Gasteiger partial charge in [-0.15, -0.1) is 0 Å². The number of fused-ring (bicyclic) bond motifs is 1. The molecule has 0 aliphatic heterocycles. The van der Waals surface area contributed by atoms with Gasteiger partial charge in [0.1, 0.15) is 11.3 Å². The fraction of sp³-hybridized carbons (Fsp3) is 0.263. The Bertz CT molecular complexity index is 679. The van der Waals surface area contributed by atoms with Crippen LogP contribution in [0.2, 0.25) is 0 Å². The van der Waals surface area contributed by atoms with Gasteiger partial charge in [-0.05, 0) is 37.6 Å². The minimum Gasteiger partial charge on any atom is -0.456 e. The largest absolute Gasteiger partial charge is 0.456 e. The maximum Gasteiger partial charge on any atom is 0.135 e. The molecule has 1 heterocycles. The number of hydrogen-bond donors (Lipinski definition) is 1. The summed E-state index contributed by atoms with van der Waals surface area (Å²) in [7, 11) is 0. The van der Waals surface area contributed by atoms with Crippen LogP contribution >= 0.6 is 0 Å². The van der Waals surface area contributed by atoms with Gasteiger partial charge in [-0.3, -0.25) is 0 Å². The molecule has 3 rings (SSSR count). The molecule has 2 aromatic carbocycles. The minimum absolute atomic E-state index is 0.507. The van der Waals surface area contributed by atoms with Gasteiger partial charge in [0.05, 0.1) is 0 Å². The topological polar surface area (TPSA) is 25.2 Å². The summed E-state index contributed by atoms with van der Waals surface area (Å²) in [6.45, 7) is 5.37. The summed E-state index contributed by atoms with van der Waals surface area (Å²) in [5, 5.41) is 4.59. The van der Waals surface area contributed by atoms with E-state index in [1.165, 1.54) is 5.56 Å². The van der Waals surface area contributed by atoms with Gasteiger partial charge >= 0.3 is 0 Å². The maximum absolute atomic E-state index is 5.90. The molecule has 0 saturated carbocycles. The standard InChI is InChI=1S/C19H21NO/c1-3-20-14(2)12-15-8-10-16(11-9-15)19-13-17-6-4-5-7-18(17)21-19/h4-11,13-14,20H,3,12H2,1-2H3. The molecule has 21 heavy (non-hydrogen) atoms. The lowest BCUT2D eigenvalue weighted by Gasteiger charge is -2.12. The highest BCUT2D eigenvalue weighted by Crippen LogP contribution is 2.27. The SMILES string of the molecule is CCNC(C)Cc1ccc(-c2cc3ccccc3o2)cc1. The van der Waals surface area contributed by atoms with Crippen molar-refractivity contribution in [3.8, 4) is 11.3 Å². The normalized spacial score (nSPS) is 12.7. The molecule has 1 aromatic heterocycles. The van der Waals surface area contributed by atoms with Crippen LogP contribution in [-0.4, -0.2) is 12.6 Å². The molecule has 2 nitrogen and oxygen atoms in total. The zero-order valence-corrected chi connectivity index (χ0v) is 12.6. The lowest BCUT2D eigenvalue weighted by atomic mass is 10.0. The Hall–Kier alpha value is -2.06. The lowest BCUT2D eigenvalue weighted by Crippen LogP contribution is -2.27. The number of para-hydroxylation sites is 1. The summed E-state index contributed by atoms with van der Waals surface area (Å²) in [5.41, 5.74) is 3.42. The van der Waals surface area contributed by atoms with E-state index in [1.807, 2.05) is 18.2 Å². The highest BCUT2D eigenvalue weighted by atomic mass is 16.3. The Balaban J connectivity index is 1.80. The smallest absolute Gasteiger partial charge is 0.135 e. The Kier molecular flexibility index (Phi) is 4.07. The average molecular weight is 279 g/mol. The molecule has 1 N–H and O–H groups in total. The zero-order valence-electron chi connectivity index (χ0n) is 12.6. The summed E-state index contributed by atoms with van der Waals surface area (Å²) in [4.78, 5) is 0. The monoisotopic (exact) mass is 279 g/mol. The van der Waals surface area contributed by atoms with Gasteiger partial charge < -0.3 is 9.73 Å². The molecular weight excluding hydrogens is 258 g/mol. The van der Waals surface area contributed by atoms with Crippen LogP contribution in [-0.2, 0) is 6.42 Å². The van der Waals surface area contributed by atoms with Crippen molar-refractivity contribution in [2.75, 3.05) is 6.54 Å². The molecule has 0 radical (unpaired) electrons. The van der Waals surface area contributed by atoms with Crippen LogP contribution in [0.15, 0.2) is 59.0 Å². The van der Waals surface area contributed by atoms with Gasteiger partial charge in [0.25, 0.3) is 0 Å². The Morgan fingerprint density at radius 2 is 1.81 bits per heavy atom. The van der Waals surface area contributed by atoms with Crippen molar-refractivity contribution in [2.45, 2.75) is 26.3 Å². The summed E-state index contributed by atoms with van der Waals surface area (Å²) < 4.78 is 5.90. The summed E-state index contributed by atoms with van der Waals surface area (Å²) in [6.07, 6.45) is 1.05. The first kappa shape index (κ1) is 13.9. The van der Waals surface area contributed by atoms with Gasteiger partial charge in [-0.1, -0.05) is 49.4 Å². The summed E-state index contributed by atoms with van der Waals surface area (Å²) in [5.74, 6) is 0.933. The van der Waals surface area contributed by atoms with Gasteiger partial charge in [0.2, 0.25) is 0 Å². The Morgan fingerprint density at radius 1 is 1.05 bits per heavy atom. The zero-order chi connectivity index (χ0) is 14.7. The van der Waals surface area contributed by atoms with Gasteiger partial charge in [0, 0.05) is 17.0 Å². The molecule has 0 bridgehead atoms. The van der Waals surface area contributed by atoms with Crippen LogP contribution in [0, 0.1) is 0 Å². The summed E-state index contributed by atoms with van der Waals surface area (Å²) in [6, 6.07) is 19.4. The lowest BCUT2D eigenvalue weighted by molar-refractivity contribution is 0.565. The number of nitrogens with one attached hydrogen (secondary N) is 1. The van der Waals surface area contributed by atoms with Crippen molar-refractivity contribution < 1.29 is 4.42 Å². The molecule has 108 valence electrons. The molecule has 2 heteroatoms. The molecule has 0 amide bonds. The number of rotatable bonds is 5. The molecular formula is C19H21NO. The molecule has 0 spiro atoms. The van der Waals surface area contributed by atoms with Crippen molar-refractivity contribution in [1.82, 2.24) is 5.32 Å². The van der Waals surface area contributed by atoms with Crippen LogP contribution in [0.3, 0.4) is 0 Å². The molecule has 3 aromatic rings. The van der Waals surface area contributed by atoms with Gasteiger partial charge in [0.15, 0.2) is 0 Å². The average Bonchev–Trinajstić information content (AvgIpc) is 2.92. The fourth-order valence-corrected chi connectivity index (χ4v) is 2.70. The van der Waals surface area contributed by atoms with E-state index in [4.69, 9.17) is 4.42 Å². The minimum atomic E-state index is 0.507. The third-order valence-electron chi connectivity index (χ3n) is 3.76. The maximum atomic E-state index is 5.90. The van der Waals surface area contributed by atoms with Crippen LogP contribution in [0.1, 0.15) is 19.4 Å². The molecule has 0 fully saturated rings. The van der Waals surface area contributed by atoms with E-state index < -0.39 is 0 Å². The number of benzene rings is 2. The number of hydrogen-bond acceptors (Lipinski definition) is 2. The van der Waals surface area contributed by atoms with Crippen LogP contribution in [0.25, 0.3) is 22.3 Å². The third kappa shape index (κ3) is 3.17. The molecule has 0 aliphatic carbocycles. The van der Waals surface area contributed by atoms with E-state index in [0.29, 0.717) is 6.04 Å². The van der Waals surface area contributed by atoms with E-state index in [2.05, 4.69) is 55.6 Å². The summed E-state index contributed by atoms with van der Waals surface area (Å²) >= 11 is 0. The number of furan rings is 1. The predicted octanol–water partition coefficient (Wildman–Crippen LogP) is 4.64. The van der Waals surface area contributed by atoms with Gasteiger partial charge in [-0.25, -0.2) is 0 Å². The van der Waals surface area contributed by atoms with Crippen LogP contribution in [0.4, 0.5) is 0 Å². The highest BCUT2D eigenvalue weighted by molar-refractivity contribution is 5.82. The second-order valence-corrected chi connectivity index (χ2v) is 5.51. The molecule has 0 saturated heterocycles. The first-order valence-electron chi connectivity index (χ1n) is 7.57. The van der Waals surface area contributed by atoms with Crippen LogP contribution < -0.4 is 5.32 Å². The van der Waals surface area contributed by atoms with Crippen molar-refractivity contribution in [2.24, 2.45) is 0 Å². The first-order valence-corrected chi connectivity index (χ1v) is 7.57. The Morgan fingerprint density at radius 3 is 2.52 bits per heavy atom. The fourth-order valence-electron chi connectivity index (χ4n) is 2.70. The second kappa shape index (κ2) is 6.15. The quantitative estimate of drug-likeness (QED) is 0.736. The second-order valence-electron chi connectivity index (χ2n) is 5.51. The van der Waals surface area contributed by atoms with Crippen molar-refractivity contribution in [3.05, 3.63) is 60.2 Å². The molecule has 1 atom stereocenters. The first-order chi connectivity index (χ1) is 10.3.